The summed E-state index contributed by atoms with van der Waals surface area (Å²) in [6.07, 6.45) is -6.47. The molecule has 0 aromatic rings. The second-order valence-electron chi connectivity index (χ2n) is 10.2. The van der Waals surface area contributed by atoms with Crippen molar-refractivity contribution in [3.8, 4) is 0 Å². The quantitative estimate of drug-likeness (QED) is 0.0209. The average molecular weight is 705 g/mol. The zero-order chi connectivity index (χ0) is 35.6. The van der Waals surface area contributed by atoms with Gasteiger partial charge in [-0.15, -0.1) is 39.5 Å². The zero-order valence-corrected chi connectivity index (χ0v) is 26.5. The fourth-order valence-electron chi connectivity index (χ4n) is 3.79. The standard InChI is InChI=1S/C30H45F9O8/c1-2-15-25(42-16-9-3-6-12-19-45-28(31,32)33)22-24(27(41)44-18-11-5-8-14-21-47-30(37,38)39)23-26(40)43-17-10-4-7-13-20-46-29(34,35)36/h15,22H,2-14,16-21,23H2,1H3/b24-22-,25-15+. The van der Waals surface area contributed by atoms with E-state index >= 15 is 0 Å². The van der Waals surface area contributed by atoms with Crippen LogP contribution in [0.1, 0.15) is 96.8 Å². The Balaban J connectivity index is 4.91. The third-order valence-corrected chi connectivity index (χ3v) is 6.00. The van der Waals surface area contributed by atoms with Crippen LogP contribution in [0.3, 0.4) is 0 Å². The third kappa shape index (κ3) is 31.8. The maximum atomic E-state index is 12.8. The molecule has 0 fully saturated rings. The summed E-state index contributed by atoms with van der Waals surface area (Å²) < 4.78 is 135. The van der Waals surface area contributed by atoms with E-state index in [0.29, 0.717) is 64.2 Å². The van der Waals surface area contributed by atoms with Crippen molar-refractivity contribution in [1.82, 2.24) is 0 Å². The van der Waals surface area contributed by atoms with Crippen LogP contribution in [0.15, 0.2) is 23.5 Å². The number of hydrogen-bond donors (Lipinski definition) is 0. The molecule has 17 heteroatoms. The predicted molar refractivity (Wildman–Crippen MR) is 150 cm³/mol. The highest BCUT2D eigenvalue weighted by atomic mass is 19.4. The maximum Gasteiger partial charge on any atom is 0.522 e. The summed E-state index contributed by atoms with van der Waals surface area (Å²) in [4.78, 5) is 25.3. The van der Waals surface area contributed by atoms with Crippen LogP contribution in [-0.2, 0) is 38.0 Å². The van der Waals surface area contributed by atoms with Crippen molar-refractivity contribution in [2.75, 3.05) is 39.6 Å². The van der Waals surface area contributed by atoms with Gasteiger partial charge < -0.3 is 14.2 Å². The van der Waals surface area contributed by atoms with Crippen LogP contribution < -0.4 is 0 Å². The van der Waals surface area contributed by atoms with Gasteiger partial charge in [0.05, 0.1) is 51.6 Å². The molecule has 0 saturated heterocycles. The van der Waals surface area contributed by atoms with Gasteiger partial charge in [0, 0.05) is 0 Å². The number of ether oxygens (including phenoxy) is 6. The first-order valence-corrected chi connectivity index (χ1v) is 15.5. The van der Waals surface area contributed by atoms with Gasteiger partial charge in [-0.2, -0.15) is 0 Å². The summed E-state index contributed by atoms with van der Waals surface area (Å²) in [6.45, 7) is 0.499. The Morgan fingerprint density at radius 2 is 0.872 bits per heavy atom. The summed E-state index contributed by atoms with van der Waals surface area (Å²) in [5.74, 6) is -1.32. The molecule has 8 nitrogen and oxygen atoms in total. The second kappa shape index (κ2) is 25.5. The maximum absolute atomic E-state index is 12.8. The number of unbranched alkanes of at least 4 members (excludes halogenated alkanes) is 9. The van der Waals surface area contributed by atoms with Gasteiger partial charge in [-0.05, 0) is 76.4 Å². The Hall–Kier alpha value is -2.53. The fourth-order valence-corrected chi connectivity index (χ4v) is 3.79. The highest BCUT2D eigenvalue weighted by molar-refractivity contribution is 5.94. The molecule has 0 bridgehead atoms. The lowest BCUT2D eigenvalue weighted by atomic mass is 10.1. The van der Waals surface area contributed by atoms with Gasteiger partial charge in [-0.3, -0.25) is 19.0 Å². The van der Waals surface area contributed by atoms with E-state index in [4.69, 9.17) is 14.2 Å². The van der Waals surface area contributed by atoms with Gasteiger partial charge in [0.2, 0.25) is 0 Å². The number of halogens is 9. The van der Waals surface area contributed by atoms with Crippen LogP contribution in [0.2, 0.25) is 0 Å². The first-order valence-electron chi connectivity index (χ1n) is 15.5. The van der Waals surface area contributed by atoms with E-state index in [1.165, 1.54) is 6.08 Å². The third-order valence-electron chi connectivity index (χ3n) is 6.00. The molecule has 0 spiro atoms. The molecule has 0 rings (SSSR count). The largest absolute Gasteiger partial charge is 0.522 e. The van der Waals surface area contributed by atoms with E-state index in [1.807, 2.05) is 0 Å². The SMILES string of the molecule is CC/C=C(\C=C(\CC(=O)OCCCCCCOC(F)(F)F)C(=O)OCCCCCCOC(F)(F)F)OCCCCCCOC(F)(F)F. The Morgan fingerprint density at radius 1 is 0.511 bits per heavy atom. The zero-order valence-electron chi connectivity index (χ0n) is 26.5. The molecule has 0 atom stereocenters. The van der Waals surface area contributed by atoms with Crippen LogP contribution >= 0.6 is 0 Å². The van der Waals surface area contributed by atoms with Crippen molar-refractivity contribution < 1.29 is 77.5 Å². The molecule has 0 aliphatic carbocycles. The lowest BCUT2D eigenvalue weighted by Gasteiger charge is -2.12. The van der Waals surface area contributed by atoms with Gasteiger partial charge in [0.1, 0.15) is 5.76 Å². The first kappa shape index (κ1) is 44.5. The van der Waals surface area contributed by atoms with Crippen LogP contribution in [0.4, 0.5) is 39.5 Å². The van der Waals surface area contributed by atoms with E-state index in [0.717, 1.165) is 0 Å². The fraction of sp³-hybridized carbons (Fsp3) is 0.800. The number of carbonyl (C=O) groups excluding carboxylic acids is 2. The lowest BCUT2D eigenvalue weighted by molar-refractivity contribution is -0.325. The summed E-state index contributed by atoms with van der Waals surface area (Å²) in [7, 11) is 0. The molecule has 0 aliphatic rings. The van der Waals surface area contributed by atoms with Gasteiger partial charge in [-0.1, -0.05) is 26.2 Å². The van der Waals surface area contributed by atoms with E-state index in [9.17, 15) is 49.1 Å². The van der Waals surface area contributed by atoms with Gasteiger partial charge in [0.25, 0.3) is 0 Å². The molecule has 0 aromatic heterocycles. The molecular formula is C30H45F9O8. The molecular weight excluding hydrogens is 659 g/mol. The molecule has 47 heavy (non-hydrogen) atoms. The summed E-state index contributed by atoms with van der Waals surface area (Å²) >= 11 is 0. The molecule has 0 amide bonds. The Kier molecular flexibility index (Phi) is 24.1. The number of rotatable bonds is 27. The van der Waals surface area contributed by atoms with Crippen molar-refractivity contribution in [3.63, 3.8) is 0 Å². The van der Waals surface area contributed by atoms with Gasteiger partial charge in [-0.25, -0.2) is 4.79 Å². The van der Waals surface area contributed by atoms with Crippen LogP contribution in [0.5, 0.6) is 0 Å². The van der Waals surface area contributed by atoms with Crippen molar-refractivity contribution >= 4 is 11.9 Å². The second-order valence-corrected chi connectivity index (χ2v) is 10.2. The van der Waals surface area contributed by atoms with Crippen molar-refractivity contribution in [1.29, 1.82) is 0 Å². The number of hydrogen-bond acceptors (Lipinski definition) is 8. The molecule has 0 saturated carbocycles. The average Bonchev–Trinajstić information content (AvgIpc) is 2.95. The highest BCUT2D eigenvalue weighted by Gasteiger charge is 2.29. The van der Waals surface area contributed by atoms with Gasteiger partial charge >= 0.3 is 31.0 Å². The highest BCUT2D eigenvalue weighted by Crippen LogP contribution is 2.19. The monoisotopic (exact) mass is 704 g/mol. The Morgan fingerprint density at radius 3 is 1.26 bits per heavy atom. The lowest BCUT2D eigenvalue weighted by Crippen LogP contribution is -2.16. The minimum Gasteiger partial charge on any atom is -0.494 e. The topological polar surface area (TPSA) is 89.5 Å². The van der Waals surface area contributed by atoms with Crippen LogP contribution in [0.25, 0.3) is 0 Å². The van der Waals surface area contributed by atoms with Crippen LogP contribution in [0, 0.1) is 0 Å². The molecule has 0 radical (unpaired) electrons. The molecule has 0 unspecified atom stereocenters. The van der Waals surface area contributed by atoms with E-state index < -0.39 is 57.3 Å². The van der Waals surface area contributed by atoms with Crippen molar-refractivity contribution in [2.45, 2.75) is 116 Å². The van der Waals surface area contributed by atoms with Gasteiger partial charge in [0.15, 0.2) is 0 Å². The summed E-state index contributed by atoms with van der Waals surface area (Å²) in [6, 6.07) is 0. The van der Waals surface area contributed by atoms with E-state index in [2.05, 4.69) is 14.2 Å². The number of alkyl halides is 9. The Bertz CT molecular complexity index is 901. The molecule has 0 heterocycles. The minimum atomic E-state index is -4.70. The van der Waals surface area contributed by atoms with Crippen LogP contribution in [-0.4, -0.2) is 70.7 Å². The Labute approximate surface area is 268 Å². The van der Waals surface area contributed by atoms with Crippen molar-refractivity contribution in [2.24, 2.45) is 0 Å². The number of allylic oxidation sites excluding steroid dienone is 2. The number of esters is 2. The summed E-state index contributed by atoms with van der Waals surface area (Å²) in [5, 5.41) is 0. The van der Waals surface area contributed by atoms with E-state index in [-0.39, 0.29) is 50.4 Å². The molecule has 0 N–H and O–H groups in total. The summed E-state index contributed by atoms with van der Waals surface area (Å²) in [5.41, 5.74) is -0.0816. The normalized spacial score (nSPS) is 13.1. The van der Waals surface area contributed by atoms with Crippen molar-refractivity contribution in [3.05, 3.63) is 23.5 Å². The molecule has 276 valence electrons. The first-order chi connectivity index (χ1) is 22.0. The van der Waals surface area contributed by atoms with E-state index in [1.54, 1.807) is 13.0 Å². The molecule has 0 aliphatic heterocycles. The predicted octanol–water partition coefficient (Wildman–Crippen LogP) is 8.99. The smallest absolute Gasteiger partial charge is 0.494 e. The minimum absolute atomic E-state index is 0.0263. The molecule has 0 aromatic carbocycles. The number of carbonyl (C=O) groups is 2.